The van der Waals surface area contributed by atoms with Crippen LogP contribution in [0.5, 0.6) is 0 Å². The fraction of sp³-hybridized carbons (Fsp3) is 1.00. The maximum Gasteiger partial charge on any atom is -0.00775 e. The van der Waals surface area contributed by atoms with Crippen molar-refractivity contribution in [2.24, 2.45) is 5.92 Å². The van der Waals surface area contributed by atoms with Crippen molar-refractivity contribution in [1.82, 2.24) is 10.6 Å². The molecular weight excluding hydrogens is 292 g/mol. The van der Waals surface area contributed by atoms with Crippen LogP contribution in [0.2, 0.25) is 0 Å². The maximum atomic E-state index is 3.11. The van der Waals surface area contributed by atoms with E-state index in [1.165, 1.54) is 64.2 Å². The van der Waals surface area contributed by atoms with E-state index in [0.717, 1.165) is 32.1 Å². The smallest absolute Gasteiger partial charge is 0.00775 e. The van der Waals surface area contributed by atoms with Crippen LogP contribution in [0.4, 0.5) is 0 Å². The Kier molecular flexibility index (Phi) is 36.8. The molecule has 0 aromatic rings. The van der Waals surface area contributed by atoms with Crippen LogP contribution in [0.25, 0.3) is 0 Å². The zero-order valence-electron chi connectivity index (χ0n) is 18.5. The summed E-state index contributed by atoms with van der Waals surface area (Å²) in [6.07, 6.45) is 14.4. The number of nitrogens with one attached hydrogen (secondary N) is 2. The molecule has 0 aliphatic rings. The van der Waals surface area contributed by atoms with Gasteiger partial charge in [-0.15, -0.1) is 0 Å². The van der Waals surface area contributed by atoms with E-state index in [9.17, 15) is 0 Å². The molecule has 0 heterocycles. The zero-order chi connectivity index (χ0) is 18.9. The van der Waals surface area contributed by atoms with Crippen molar-refractivity contribution in [3.05, 3.63) is 0 Å². The van der Waals surface area contributed by atoms with E-state index in [1.807, 2.05) is 0 Å². The molecule has 0 bridgehead atoms. The van der Waals surface area contributed by atoms with Crippen LogP contribution < -0.4 is 10.6 Å². The summed E-state index contributed by atoms with van der Waals surface area (Å²) in [5, 5.41) is 6.22. The van der Waals surface area contributed by atoms with Crippen LogP contribution in [0.3, 0.4) is 0 Å². The maximum absolute atomic E-state index is 3.11. The molecule has 0 rings (SSSR count). The van der Waals surface area contributed by atoms with Gasteiger partial charge in [0.1, 0.15) is 0 Å². The van der Waals surface area contributed by atoms with Crippen LogP contribution in [-0.2, 0) is 0 Å². The molecule has 0 radical (unpaired) electrons. The molecule has 0 saturated heterocycles. The highest BCUT2D eigenvalue weighted by Gasteiger charge is 2.01. The van der Waals surface area contributed by atoms with Gasteiger partial charge in [-0.3, -0.25) is 0 Å². The Morgan fingerprint density at radius 2 is 0.875 bits per heavy atom. The number of hydrogen-bond acceptors (Lipinski definition) is 2. The summed E-state index contributed by atoms with van der Waals surface area (Å²) >= 11 is 0. The molecule has 0 atom stereocenters. The highest BCUT2D eigenvalue weighted by atomic mass is 14.8. The van der Waals surface area contributed by atoms with Crippen molar-refractivity contribution >= 4 is 0 Å². The van der Waals surface area contributed by atoms with E-state index in [4.69, 9.17) is 0 Å². The van der Waals surface area contributed by atoms with Crippen molar-refractivity contribution in [1.29, 1.82) is 0 Å². The average Bonchev–Trinajstić information content (AvgIpc) is 2.60. The first kappa shape index (κ1) is 28.7. The number of hydrogen-bond donors (Lipinski definition) is 2. The molecule has 2 nitrogen and oxygen atoms in total. The first-order valence-corrected chi connectivity index (χ1v) is 11.1. The summed E-state index contributed by atoms with van der Waals surface area (Å²) in [5.41, 5.74) is 0. The largest absolute Gasteiger partial charge is 0.317 e. The van der Waals surface area contributed by atoms with E-state index < -0.39 is 0 Å². The topological polar surface area (TPSA) is 24.1 Å². The van der Waals surface area contributed by atoms with Crippen LogP contribution in [-0.4, -0.2) is 26.2 Å². The Balaban J connectivity index is -0.000000361. The predicted octanol–water partition coefficient (Wildman–Crippen LogP) is 6.79. The molecule has 0 spiro atoms. The molecule has 0 aliphatic heterocycles. The summed E-state index contributed by atoms with van der Waals surface area (Å²) in [7, 11) is 0. The lowest BCUT2D eigenvalue weighted by Crippen LogP contribution is -2.09. The van der Waals surface area contributed by atoms with Gasteiger partial charge in [0.15, 0.2) is 0 Å². The average molecular weight is 345 g/mol. The molecule has 0 amide bonds. The molecule has 0 unspecified atom stereocenters. The first-order valence-electron chi connectivity index (χ1n) is 11.1. The van der Waals surface area contributed by atoms with E-state index >= 15 is 0 Å². The third kappa shape index (κ3) is 33.5. The van der Waals surface area contributed by atoms with Gasteiger partial charge in [-0.2, -0.15) is 0 Å². The Hall–Kier alpha value is -0.0800. The third-order valence-corrected chi connectivity index (χ3v) is 4.37. The van der Waals surface area contributed by atoms with E-state index in [0.29, 0.717) is 0 Å². The van der Waals surface area contributed by atoms with Gasteiger partial charge in [0, 0.05) is 0 Å². The number of unbranched alkanes of at least 4 members (excludes halogenated alkanes) is 6. The minimum Gasteiger partial charge on any atom is -0.317 e. The van der Waals surface area contributed by atoms with Crippen molar-refractivity contribution in [2.45, 2.75) is 113 Å². The number of rotatable bonds is 14. The third-order valence-electron chi connectivity index (χ3n) is 4.37. The van der Waals surface area contributed by atoms with Crippen LogP contribution in [0, 0.1) is 5.92 Å². The highest BCUT2D eigenvalue weighted by Crippen LogP contribution is 2.17. The second-order valence-electron chi connectivity index (χ2n) is 6.51. The van der Waals surface area contributed by atoms with E-state index in [2.05, 4.69) is 59.1 Å². The van der Waals surface area contributed by atoms with Crippen molar-refractivity contribution in [3.63, 3.8) is 0 Å². The molecule has 0 saturated carbocycles. The van der Waals surface area contributed by atoms with Crippen LogP contribution in [0.1, 0.15) is 113 Å². The van der Waals surface area contributed by atoms with Gasteiger partial charge in [-0.1, -0.05) is 113 Å². The van der Waals surface area contributed by atoms with Crippen molar-refractivity contribution < 1.29 is 0 Å². The molecule has 0 aromatic heterocycles. The Morgan fingerprint density at radius 3 is 1.17 bits per heavy atom. The zero-order valence-corrected chi connectivity index (χ0v) is 18.5. The van der Waals surface area contributed by atoms with Crippen LogP contribution in [0.15, 0.2) is 0 Å². The lowest BCUT2D eigenvalue weighted by molar-refractivity contribution is 0.426. The Bertz CT molecular complexity index is 157. The minimum atomic E-state index is 1.01. The normalized spacial score (nSPS) is 10.0. The standard InChI is InChI=1S/C14H30.2C4H11N/c1-4-7-8-9-10-11-12-13-14(5-2)6-3;2*1-3-5-4-2/h14H,4-13H2,1-3H3;2*5H,3-4H2,1-2H3. The van der Waals surface area contributed by atoms with Gasteiger partial charge >= 0.3 is 0 Å². The second-order valence-corrected chi connectivity index (χ2v) is 6.51. The highest BCUT2D eigenvalue weighted by molar-refractivity contribution is 4.55. The monoisotopic (exact) mass is 344 g/mol. The molecule has 2 heteroatoms. The molecular formula is C22H52N2. The van der Waals surface area contributed by atoms with Gasteiger partial charge in [0.25, 0.3) is 0 Å². The summed E-state index contributed by atoms with van der Waals surface area (Å²) in [6, 6.07) is 0. The van der Waals surface area contributed by atoms with Gasteiger partial charge in [0.2, 0.25) is 0 Å². The predicted molar refractivity (Wildman–Crippen MR) is 115 cm³/mol. The summed E-state index contributed by atoms with van der Waals surface area (Å²) in [5.74, 6) is 1.01. The molecule has 0 aromatic carbocycles. The SMILES string of the molecule is CCCCCCCCCC(CC)CC.CCNCC.CCNCC. The molecule has 0 aliphatic carbocycles. The quantitative estimate of drug-likeness (QED) is 0.339. The summed E-state index contributed by atoms with van der Waals surface area (Å²) in [4.78, 5) is 0. The van der Waals surface area contributed by atoms with Gasteiger partial charge in [-0.05, 0) is 32.1 Å². The van der Waals surface area contributed by atoms with Crippen LogP contribution >= 0.6 is 0 Å². The fourth-order valence-corrected chi connectivity index (χ4v) is 2.59. The van der Waals surface area contributed by atoms with E-state index in [1.54, 1.807) is 0 Å². The van der Waals surface area contributed by atoms with Crippen molar-refractivity contribution in [2.75, 3.05) is 26.2 Å². The summed E-state index contributed by atoms with van der Waals surface area (Å²) < 4.78 is 0. The second kappa shape index (κ2) is 30.8. The van der Waals surface area contributed by atoms with Crippen molar-refractivity contribution in [3.8, 4) is 0 Å². The summed E-state index contributed by atoms with van der Waals surface area (Å²) in [6.45, 7) is 19.7. The van der Waals surface area contributed by atoms with E-state index in [-0.39, 0.29) is 0 Å². The lowest BCUT2D eigenvalue weighted by atomic mass is 9.96. The van der Waals surface area contributed by atoms with Gasteiger partial charge < -0.3 is 10.6 Å². The first-order chi connectivity index (χ1) is 11.7. The molecule has 150 valence electrons. The fourth-order valence-electron chi connectivity index (χ4n) is 2.59. The molecule has 0 fully saturated rings. The molecule has 24 heavy (non-hydrogen) atoms. The lowest BCUT2D eigenvalue weighted by Gasteiger charge is -2.11. The van der Waals surface area contributed by atoms with Gasteiger partial charge in [-0.25, -0.2) is 0 Å². The van der Waals surface area contributed by atoms with Gasteiger partial charge in [0.05, 0.1) is 0 Å². The Labute approximate surface area is 156 Å². The molecule has 2 N–H and O–H groups in total. The Morgan fingerprint density at radius 1 is 0.500 bits per heavy atom. The minimum absolute atomic E-state index is 1.01.